The molecule has 2 aromatic carbocycles. The Morgan fingerprint density at radius 2 is 1.50 bits per heavy atom. The Hall–Kier alpha value is -2.56. The number of halogens is 2. The number of hydrogen-bond acceptors (Lipinski definition) is 3. The maximum atomic E-state index is 12.4. The minimum atomic E-state index is -0.187. The van der Waals surface area contributed by atoms with Gasteiger partial charge in [-0.05, 0) is 35.4 Å². The zero-order valence-corrected chi connectivity index (χ0v) is 15.4. The smallest absolute Gasteiger partial charge is 0.251 e. The van der Waals surface area contributed by atoms with E-state index in [1.54, 1.807) is 24.4 Å². The van der Waals surface area contributed by atoms with Crippen molar-refractivity contribution in [1.29, 1.82) is 0 Å². The highest BCUT2D eigenvalue weighted by molar-refractivity contribution is 6.31. The summed E-state index contributed by atoms with van der Waals surface area (Å²) in [6.07, 6.45) is 1.60. The lowest BCUT2D eigenvalue weighted by atomic mass is 10.2. The normalized spacial score (nSPS) is 10.4. The van der Waals surface area contributed by atoms with Crippen LogP contribution in [-0.4, -0.2) is 10.9 Å². The Kier molecular flexibility index (Phi) is 6.10. The molecule has 0 aliphatic carbocycles. The summed E-state index contributed by atoms with van der Waals surface area (Å²) in [5, 5.41) is 7.37. The highest BCUT2D eigenvalue weighted by Crippen LogP contribution is 2.17. The third-order valence-corrected chi connectivity index (χ3v) is 4.57. The molecule has 0 aliphatic heterocycles. The van der Waals surface area contributed by atoms with E-state index in [2.05, 4.69) is 15.6 Å². The van der Waals surface area contributed by atoms with Gasteiger partial charge in [-0.15, -0.1) is 0 Å². The van der Waals surface area contributed by atoms with Crippen LogP contribution in [0.15, 0.2) is 66.9 Å². The van der Waals surface area contributed by atoms with Crippen LogP contribution >= 0.6 is 23.2 Å². The minimum absolute atomic E-state index is 0.187. The molecule has 0 aliphatic rings. The molecular formula is C20H17Cl2N3O. The number of nitrogens with one attached hydrogen (secondary N) is 2. The van der Waals surface area contributed by atoms with Gasteiger partial charge in [0.15, 0.2) is 0 Å². The first kappa shape index (κ1) is 18.2. The van der Waals surface area contributed by atoms with Crippen LogP contribution in [0.25, 0.3) is 0 Å². The molecule has 0 spiro atoms. The summed E-state index contributed by atoms with van der Waals surface area (Å²) in [6.45, 7) is 0.889. The molecule has 132 valence electrons. The first-order valence-corrected chi connectivity index (χ1v) is 8.84. The molecule has 1 aromatic heterocycles. The van der Waals surface area contributed by atoms with Gasteiger partial charge in [-0.2, -0.15) is 0 Å². The predicted molar refractivity (Wildman–Crippen MR) is 106 cm³/mol. The second-order valence-electron chi connectivity index (χ2n) is 5.65. The Labute approximate surface area is 162 Å². The van der Waals surface area contributed by atoms with Crippen molar-refractivity contribution in [2.24, 2.45) is 0 Å². The number of amides is 1. The molecule has 3 aromatic rings. The van der Waals surface area contributed by atoms with Crippen molar-refractivity contribution in [1.82, 2.24) is 10.3 Å². The van der Waals surface area contributed by atoms with Crippen molar-refractivity contribution in [3.05, 3.63) is 93.6 Å². The second kappa shape index (κ2) is 8.70. The van der Waals surface area contributed by atoms with Crippen molar-refractivity contribution >= 4 is 34.9 Å². The van der Waals surface area contributed by atoms with Crippen molar-refractivity contribution in [2.45, 2.75) is 13.1 Å². The Bertz CT molecular complexity index is 915. The molecule has 0 fully saturated rings. The van der Waals surface area contributed by atoms with Crippen LogP contribution in [0, 0.1) is 0 Å². The van der Waals surface area contributed by atoms with E-state index in [0.29, 0.717) is 34.5 Å². The molecule has 2 N–H and O–H groups in total. The molecule has 0 bridgehead atoms. The van der Waals surface area contributed by atoms with Gasteiger partial charge in [-0.25, -0.2) is 4.98 Å². The van der Waals surface area contributed by atoms with E-state index in [9.17, 15) is 4.79 Å². The van der Waals surface area contributed by atoms with Crippen molar-refractivity contribution in [3.63, 3.8) is 0 Å². The second-order valence-corrected chi connectivity index (χ2v) is 6.46. The summed E-state index contributed by atoms with van der Waals surface area (Å²) in [5.41, 5.74) is 2.35. The van der Waals surface area contributed by atoms with Gasteiger partial charge in [-0.3, -0.25) is 4.79 Å². The monoisotopic (exact) mass is 385 g/mol. The Morgan fingerprint density at radius 1 is 0.885 bits per heavy atom. The molecule has 1 heterocycles. The van der Waals surface area contributed by atoms with Crippen molar-refractivity contribution in [2.75, 3.05) is 5.32 Å². The molecule has 6 heteroatoms. The zero-order valence-electron chi connectivity index (χ0n) is 13.9. The topological polar surface area (TPSA) is 54.0 Å². The lowest BCUT2D eigenvalue weighted by Crippen LogP contribution is -2.23. The van der Waals surface area contributed by atoms with Crippen LogP contribution in [0.3, 0.4) is 0 Å². The van der Waals surface area contributed by atoms with Crippen molar-refractivity contribution in [3.8, 4) is 0 Å². The average Bonchev–Trinajstić information content (AvgIpc) is 2.67. The largest absolute Gasteiger partial charge is 0.366 e. The third-order valence-electron chi connectivity index (χ3n) is 3.84. The number of nitrogens with zero attached hydrogens (tertiary/aromatic N) is 1. The summed E-state index contributed by atoms with van der Waals surface area (Å²) in [4.78, 5) is 16.6. The molecule has 0 unspecified atom stereocenters. The number of aromatic nitrogens is 1. The van der Waals surface area contributed by atoms with Gasteiger partial charge in [0.25, 0.3) is 5.91 Å². The number of carbonyl (C=O) groups excluding carboxylic acids is 1. The summed E-state index contributed by atoms with van der Waals surface area (Å²) in [6, 6.07) is 18.4. The van der Waals surface area contributed by atoms with Gasteiger partial charge in [-0.1, -0.05) is 59.6 Å². The van der Waals surface area contributed by atoms with Gasteiger partial charge in [0.05, 0.1) is 0 Å². The lowest BCUT2D eigenvalue weighted by molar-refractivity contribution is 0.0951. The van der Waals surface area contributed by atoms with Crippen LogP contribution in [0.2, 0.25) is 10.0 Å². The highest BCUT2D eigenvalue weighted by Gasteiger charge is 2.08. The molecule has 0 saturated heterocycles. The molecular weight excluding hydrogens is 369 g/mol. The van der Waals surface area contributed by atoms with Crippen LogP contribution in [-0.2, 0) is 13.1 Å². The fourth-order valence-electron chi connectivity index (χ4n) is 2.42. The Balaban J connectivity index is 1.62. The summed E-state index contributed by atoms with van der Waals surface area (Å²) >= 11 is 12.3. The van der Waals surface area contributed by atoms with Gasteiger partial charge < -0.3 is 10.6 Å². The zero-order chi connectivity index (χ0) is 18.4. The number of benzene rings is 2. The Morgan fingerprint density at radius 3 is 2.15 bits per heavy atom. The quantitative estimate of drug-likeness (QED) is 0.632. The van der Waals surface area contributed by atoms with Gasteiger partial charge in [0.1, 0.15) is 5.82 Å². The highest BCUT2D eigenvalue weighted by atomic mass is 35.5. The van der Waals surface area contributed by atoms with Gasteiger partial charge in [0.2, 0.25) is 0 Å². The molecule has 26 heavy (non-hydrogen) atoms. The van der Waals surface area contributed by atoms with E-state index >= 15 is 0 Å². The van der Waals surface area contributed by atoms with E-state index in [-0.39, 0.29) is 5.91 Å². The molecule has 0 atom stereocenters. The molecule has 0 radical (unpaired) electrons. The van der Waals surface area contributed by atoms with E-state index in [4.69, 9.17) is 23.2 Å². The van der Waals surface area contributed by atoms with Crippen LogP contribution in [0.1, 0.15) is 21.5 Å². The van der Waals surface area contributed by atoms with Crippen LogP contribution in [0.5, 0.6) is 0 Å². The SMILES string of the molecule is O=C(NCc1ccccc1Cl)c1ccnc(NCc2ccccc2Cl)c1. The first-order valence-electron chi connectivity index (χ1n) is 8.08. The van der Waals surface area contributed by atoms with Crippen molar-refractivity contribution < 1.29 is 4.79 Å². The van der Waals surface area contributed by atoms with Crippen LogP contribution in [0.4, 0.5) is 5.82 Å². The van der Waals surface area contributed by atoms with E-state index in [1.807, 2.05) is 42.5 Å². The number of hydrogen-bond donors (Lipinski definition) is 2. The molecule has 0 saturated carbocycles. The van der Waals surface area contributed by atoms with Crippen LogP contribution < -0.4 is 10.6 Å². The molecule has 4 nitrogen and oxygen atoms in total. The third kappa shape index (κ3) is 4.75. The number of pyridine rings is 1. The van der Waals surface area contributed by atoms with E-state index in [1.165, 1.54) is 0 Å². The number of rotatable bonds is 6. The number of carbonyl (C=O) groups is 1. The maximum absolute atomic E-state index is 12.4. The van der Waals surface area contributed by atoms with Gasteiger partial charge >= 0.3 is 0 Å². The van der Waals surface area contributed by atoms with E-state index in [0.717, 1.165) is 11.1 Å². The summed E-state index contributed by atoms with van der Waals surface area (Å²) in [5.74, 6) is 0.420. The first-order chi connectivity index (χ1) is 12.6. The number of anilines is 1. The maximum Gasteiger partial charge on any atom is 0.251 e. The average molecular weight is 386 g/mol. The summed E-state index contributed by atoms with van der Waals surface area (Å²) < 4.78 is 0. The summed E-state index contributed by atoms with van der Waals surface area (Å²) in [7, 11) is 0. The fourth-order valence-corrected chi connectivity index (χ4v) is 2.82. The van der Waals surface area contributed by atoms with E-state index < -0.39 is 0 Å². The fraction of sp³-hybridized carbons (Fsp3) is 0.100. The molecule has 1 amide bonds. The van der Waals surface area contributed by atoms with Gasteiger partial charge in [0, 0.05) is 34.9 Å². The molecule has 3 rings (SSSR count). The standard InChI is InChI=1S/C20H17Cl2N3O/c21-17-7-3-1-5-15(17)12-24-19-11-14(9-10-23-19)20(26)25-13-16-6-2-4-8-18(16)22/h1-11H,12-13H2,(H,23,24)(H,25,26). The predicted octanol–water partition coefficient (Wildman–Crippen LogP) is 4.93. The minimum Gasteiger partial charge on any atom is -0.366 e. The lowest BCUT2D eigenvalue weighted by Gasteiger charge is -2.10.